The number of benzene rings is 1. The van der Waals surface area contributed by atoms with Gasteiger partial charge in [0.15, 0.2) is 0 Å². The second-order valence-corrected chi connectivity index (χ2v) is 3.17. The zero-order valence-corrected chi connectivity index (χ0v) is 9.23. The monoisotopic (exact) mass is 224 g/mol. The average Bonchev–Trinajstić information content (AvgIpc) is 2.26. The Labute approximate surface area is 92.6 Å². The van der Waals surface area contributed by atoms with Crippen LogP contribution in [0.4, 0.5) is 0 Å². The van der Waals surface area contributed by atoms with Crippen molar-refractivity contribution in [3.8, 4) is 5.75 Å². The fraction of sp³-hybridized carbons (Fsp3) is 0.273. The maximum Gasteiger partial charge on any atom is 0.341 e. The molecule has 5 nitrogen and oxygen atoms in total. The summed E-state index contributed by atoms with van der Waals surface area (Å²) in [6, 6.07) is 2.69. The van der Waals surface area contributed by atoms with Crippen LogP contribution in [0, 0.1) is 6.92 Å². The number of esters is 1. The highest BCUT2D eigenvalue weighted by Crippen LogP contribution is 2.25. The number of carbonyl (C=O) groups is 2. The van der Waals surface area contributed by atoms with Crippen LogP contribution in [-0.2, 0) is 4.74 Å². The number of carboxylic acid groups (broad SMARTS) is 1. The number of carbonyl (C=O) groups excluding carboxylic acids is 1. The predicted molar refractivity (Wildman–Crippen MR) is 56.0 cm³/mol. The van der Waals surface area contributed by atoms with Crippen LogP contribution < -0.4 is 4.74 Å². The van der Waals surface area contributed by atoms with Crippen LogP contribution >= 0.6 is 0 Å². The van der Waals surface area contributed by atoms with Gasteiger partial charge in [-0.1, -0.05) is 0 Å². The summed E-state index contributed by atoms with van der Waals surface area (Å²) in [5, 5.41) is 8.84. The number of aromatic carboxylic acids is 1. The second kappa shape index (κ2) is 4.65. The standard InChI is InChI=1S/C11H12O5/c1-6-4-7(10(12)13)5-8(15-2)9(6)11(14)16-3/h4-5H,1-3H3,(H,12,13). The Hall–Kier alpha value is -2.04. The molecule has 0 heterocycles. The SMILES string of the molecule is COC(=O)c1c(C)cc(C(=O)O)cc1OC. The van der Waals surface area contributed by atoms with Crippen molar-refractivity contribution in [1.82, 2.24) is 0 Å². The first-order valence-electron chi connectivity index (χ1n) is 4.51. The Morgan fingerprint density at radius 3 is 2.31 bits per heavy atom. The summed E-state index contributed by atoms with van der Waals surface area (Å²) < 4.78 is 9.57. The van der Waals surface area contributed by atoms with Gasteiger partial charge in [0.1, 0.15) is 11.3 Å². The third-order valence-electron chi connectivity index (χ3n) is 2.16. The molecule has 5 heteroatoms. The van der Waals surface area contributed by atoms with Gasteiger partial charge in [-0.3, -0.25) is 0 Å². The normalized spacial score (nSPS) is 9.69. The van der Waals surface area contributed by atoms with E-state index in [1.54, 1.807) is 6.92 Å². The van der Waals surface area contributed by atoms with Gasteiger partial charge in [-0.2, -0.15) is 0 Å². The lowest BCUT2D eigenvalue weighted by Crippen LogP contribution is -2.09. The largest absolute Gasteiger partial charge is 0.496 e. The average molecular weight is 224 g/mol. The zero-order valence-electron chi connectivity index (χ0n) is 9.23. The Bertz CT molecular complexity index is 436. The molecule has 0 aliphatic rings. The van der Waals surface area contributed by atoms with Crippen LogP contribution in [0.25, 0.3) is 0 Å². The van der Waals surface area contributed by atoms with Gasteiger partial charge >= 0.3 is 11.9 Å². The fourth-order valence-corrected chi connectivity index (χ4v) is 1.40. The van der Waals surface area contributed by atoms with Gasteiger partial charge in [-0.15, -0.1) is 0 Å². The number of methoxy groups -OCH3 is 2. The highest BCUT2D eigenvalue weighted by molar-refractivity contribution is 5.97. The van der Waals surface area contributed by atoms with Crippen molar-refractivity contribution in [3.05, 3.63) is 28.8 Å². The molecule has 0 aromatic heterocycles. The van der Waals surface area contributed by atoms with Crippen molar-refractivity contribution in [3.63, 3.8) is 0 Å². The number of rotatable bonds is 3. The van der Waals surface area contributed by atoms with Crippen LogP contribution in [0.2, 0.25) is 0 Å². The molecule has 16 heavy (non-hydrogen) atoms. The van der Waals surface area contributed by atoms with E-state index in [4.69, 9.17) is 9.84 Å². The van der Waals surface area contributed by atoms with Crippen LogP contribution in [0.1, 0.15) is 26.3 Å². The van der Waals surface area contributed by atoms with E-state index in [-0.39, 0.29) is 16.9 Å². The molecule has 0 atom stereocenters. The van der Waals surface area contributed by atoms with Crippen molar-refractivity contribution in [2.75, 3.05) is 14.2 Å². The molecule has 0 saturated heterocycles. The lowest BCUT2D eigenvalue weighted by Gasteiger charge is -2.10. The lowest BCUT2D eigenvalue weighted by atomic mass is 10.0. The highest BCUT2D eigenvalue weighted by atomic mass is 16.5. The third kappa shape index (κ3) is 2.13. The Morgan fingerprint density at radius 1 is 1.25 bits per heavy atom. The van der Waals surface area contributed by atoms with Gasteiger partial charge in [-0.05, 0) is 24.6 Å². The first-order valence-corrected chi connectivity index (χ1v) is 4.51. The van der Waals surface area contributed by atoms with Crippen molar-refractivity contribution in [2.24, 2.45) is 0 Å². The first-order chi connectivity index (χ1) is 7.51. The van der Waals surface area contributed by atoms with Gasteiger partial charge in [0.25, 0.3) is 0 Å². The third-order valence-corrected chi connectivity index (χ3v) is 2.16. The van der Waals surface area contributed by atoms with Crippen molar-refractivity contribution in [1.29, 1.82) is 0 Å². The number of hydrogen-bond donors (Lipinski definition) is 1. The molecule has 1 aromatic rings. The molecular formula is C11H12O5. The predicted octanol–water partition coefficient (Wildman–Crippen LogP) is 1.49. The molecule has 1 rings (SSSR count). The Morgan fingerprint density at radius 2 is 1.88 bits per heavy atom. The molecular weight excluding hydrogens is 212 g/mol. The van der Waals surface area contributed by atoms with E-state index >= 15 is 0 Å². The summed E-state index contributed by atoms with van der Waals surface area (Å²) in [4.78, 5) is 22.2. The van der Waals surface area contributed by atoms with Crippen LogP contribution in [0.5, 0.6) is 5.75 Å². The van der Waals surface area contributed by atoms with E-state index in [2.05, 4.69) is 4.74 Å². The molecule has 0 aliphatic heterocycles. The molecule has 1 N–H and O–H groups in total. The van der Waals surface area contributed by atoms with E-state index in [1.165, 1.54) is 26.4 Å². The molecule has 0 radical (unpaired) electrons. The molecule has 0 aliphatic carbocycles. The maximum absolute atomic E-state index is 11.4. The van der Waals surface area contributed by atoms with E-state index in [0.717, 1.165) is 0 Å². The van der Waals surface area contributed by atoms with E-state index in [1.807, 2.05) is 0 Å². The quantitative estimate of drug-likeness (QED) is 0.787. The highest BCUT2D eigenvalue weighted by Gasteiger charge is 2.18. The van der Waals surface area contributed by atoms with Gasteiger partial charge in [0, 0.05) is 0 Å². The van der Waals surface area contributed by atoms with Gasteiger partial charge in [0.05, 0.1) is 19.8 Å². The summed E-state index contributed by atoms with van der Waals surface area (Å²) >= 11 is 0. The maximum atomic E-state index is 11.4. The number of ether oxygens (including phenoxy) is 2. The first kappa shape index (κ1) is 12.0. The summed E-state index contributed by atoms with van der Waals surface area (Å²) in [5.74, 6) is -1.42. The smallest absolute Gasteiger partial charge is 0.341 e. The molecule has 0 amide bonds. The minimum Gasteiger partial charge on any atom is -0.496 e. The van der Waals surface area contributed by atoms with Crippen LogP contribution in [0.3, 0.4) is 0 Å². The molecule has 0 fully saturated rings. The minimum atomic E-state index is -1.07. The van der Waals surface area contributed by atoms with Gasteiger partial charge in [0.2, 0.25) is 0 Å². The van der Waals surface area contributed by atoms with E-state index in [9.17, 15) is 9.59 Å². The topological polar surface area (TPSA) is 72.8 Å². The number of aryl methyl sites for hydroxylation is 1. The molecule has 0 saturated carbocycles. The van der Waals surface area contributed by atoms with Crippen LogP contribution in [-0.4, -0.2) is 31.3 Å². The molecule has 1 aromatic carbocycles. The minimum absolute atomic E-state index is 0.0713. The number of carboxylic acids is 1. The fourth-order valence-electron chi connectivity index (χ4n) is 1.40. The van der Waals surface area contributed by atoms with Crippen molar-refractivity contribution >= 4 is 11.9 Å². The molecule has 0 unspecified atom stereocenters. The summed E-state index contributed by atoms with van der Waals surface area (Å²) in [6.07, 6.45) is 0. The number of hydrogen-bond acceptors (Lipinski definition) is 4. The Balaban J connectivity index is 3.40. The van der Waals surface area contributed by atoms with Crippen LogP contribution in [0.15, 0.2) is 12.1 Å². The summed E-state index contributed by atoms with van der Waals surface area (Å²) in [6.45, 7) is 1.63. The van der Waals surface area contributed by atoms with Gasteiger partial charge in [-0.25, -0.2) is 9.59 Å². The van der Waals surface area contributed by atoms with E-state index in [0.29, 0.717) is 5.56 Å². The second-order valence-electron chi connectivity index (χ2n) is 3.17. The lowest BCUT2D eigenvalue weighted by molar-refractivity contribution is 0.0593. The summed E-state index contributed by atoms with van der Waals surface area (Å²) in [7, 11) is 2.62. The van der Waals surface area contributed by atoms with Crippen molar-refractivity contribution in [2.45, 2.75) is 6.92 Å². The summed E-state index contributed by atoms with van der Waals surface area (Å²) in [5.41, 5.74) is 0.820. The molecule has 0 spiro atoms. The van der Waals surface area contributed by atoms with Gasteiger partial charge < -0.3 is 14.6 Å². The van der Waals surface area contributed by atoms with E-state index < -0.39 is 11.9 Å². The molecule has 0 bridgehead atoms. The zero-order chi connectivity index (χ0) is 12.3. The Kier molecular flexibility index (Phi) is 3.50. The van der Waals surface area contributed by atoms with Crippen molar-refractivity contribution < 1.29 is 24.2 Å². The molecule has 86 valence electrons.